The maximum Gasteiger partial charge on any atom is 0.248 e. The predicted octanol–water partition coefficient (Wildman–Crippen LogP) is 4.71. The molecule has 27 heavy (non-hydrogen) atoms. The minimum absolute atomic E-state index is 0.199. The van der Waals surface area contributed by atoms with E-state index in [2.05, 4.69) is 15.6 Å². The first-order valence-electron chi connectivity index (χ1n) is 9.93. The lowest BCUT2D eigenvalue weighted by Gasteiger charge is -2.57. The molecule has 4 saturated carbocycles. The van der Waals surface area contributed by atoms with Gasteiger partial charge in [0.1, 0.15) is 11.6 Å². The summed E-state index contributed by atoms with van der Waals surface area (Å²) in [5.74, 6) is 4.09. The highest BCUT2D eigenvalue weighted by atomic mass is 16.3. The number of carbonyl (C=O) groups excluding carboxylic acids is 1. The zero-order chi connectivity index (χ0) is 18.3. The lowest BCUT2D eigenvalue weighted by Crippen LogP contribution is -2.54. The molecule has 0 aliphatic heterocycles. The second-order valence-corrected chi connectivity index (χ2v) is 8.59. The standard InChI is InChI=1S/C22H25N3O2/c26-21(6-4-19-2-1-7-27-19)24-18-3-5-20(23-14-18)25-22-11-15-8-16(12-22)10-17(9-15)13-22/h1-7,14-17H,8-13H2,(H,23,25)(H,24,26)/b6-4+. The van der Waals surface area contributed by atoms with Crippen molar-refractivity contribution >= 4 is 23.5 Å². The Morgan fingerprint density at radius 3 is 2.44 bits per heavy atom. The SMILES string of the molecule is O=C(/C=C/c1ccco1)Nc1ccc(NC23CC4CC(CC(C4)C2)C3)nc1. The summed E-state index contributed by atoms with van der Waals surface area (Å²) in [6.45, 7) is 0. The molecule has 4 aliphatic carbocycles. The molecule has 4 aliphatic rings. The van der Waals surface area contributed by atoms with Gasteiger partial charge >= 0.3 is 0 Å². The molecule has 0 spiro atoms. The van der Waals surface area contributed by atoms with Crippen LogP contribution in [0.15, 0.2) is 47.2 Å². The Morgan fingerprint density at radius 1 is 1.11 bits per heavy atom. The second-order valence-electron chi connectivity index (χ2n) is 8.59. The molecule has 0 saturated heterocycles. The largest absolute Gasteiger partial charge is 0.465 e. The second kappa shape index (κ2) is 6.55. The zero-order valence-electron chi connectivity index (χ0n) is 15.4. The lowest BCUT2D eigenvalue weighted by molar-refractivity contribution is -0.111. The number of hydrogen-bond acceptors (Lipinski definition) is 4. The molecule has 0 aromatic carbocycles. The van der Waals surface area contributed by atoms with Gasteiger partial charge in [-0.1, -0.05) is 0 Å². The first-order valence-corrected chi connectivity index (χ1v) is 9.93. The number of anilines is 2. The number of pyridine rings is 1. The van der Waals surface area contributed by atoms with Crippen molar-refractivity contribution in [1.29, 1.82) is 0 Å². The molecular weight excluding hydrogens is 338 g/mol. The van der Waals surface area contributed by atoms with E-state index < -0.39 is 0 Å². The minimum Gasteiger partial charge on any atom is -0.465 e. The van der Waals surface area contributed by atoms with Crippen molar-refractivity contribution < 1.29 is 9.21 Å². The van der Waals surface area contributed by atoms with Gasteiger partial charge in [0.25, 0.3) is 0 Å². The topological polar surface area (TPSA) is 67.2 Å². The minimum atomic E-state index is -0.199. The highest BCUT2D eigenvalue weighted by Gasteiger charge is 2.51. The summed E-state index contributed by atoms with van der Waals surface area (Å²) in [7, 11) is 0. The van der Waals surface area contributed by atoms with Crippen LogP contribution in [-0.4, -0.2) is 16.4 Å². The average molecular weight is 363 g/mol. The molecular formula is C22H25N3O2. The van der Waals surface area contributed by atoms with Crippen molar-refractivity contribution in [2.24, 2.45) is 17.8 Å². The summed E-state index contributed by atoms with van der Waals surface area (Å²) in [4.78, 5) is 16.6. The molecule has 0 atom stereocenters. The van der Waals surface area contributed by atoms with Gasteiger partial charge in [-0.05, 0) is 86.6 Å². The maximum atomic E-state index is 12.0. The van der Waals surface area contributed by atoms with Crippen molar-refractivity contribution in [2.75, 3.05) is 10.6 Å². The van der Waals surface area contributed by atoms with Gasteiger partial charge in [-0.25, -0.2) is 4.98 Å². The van der Waals surface area contributed by atoms with Crippen LogP contribution < -0.4 is 10.6 Å². The normalized spacial score (nSPS) is 31.3. The van der Waals surface area contributed by atoms with E-state index in [0.717, 1.165) is 23.6 Å². The van der Waals surface area contributed by atoms with Crippen LogP contribution in [0, 0.1) is 17.8 Å². The number of aromatic nitrogens is 1. The Morgan fingerprint density at radius 2 is 1.85 bits per heavy atom. The number of rotatable bonds is 5. The first-order chi connectivity index (χ1) is 13.2. The molecule has 5 nitrogen and oxygen atoms in total. The molecule has 0 unspecified atom stereocenters. The smallest absolute Gasteiger partial charge is 0.248 e. The predicted molar refractivity (Wildman–Crippen MR) is 105 cm³/mol. The highest BCUT2D eigenvalue weighted by Crippen LogP contribution is 2.56. The van der Waals surface area contributed by atoms with E-state index >= 15 is 0 Å². The molecule has 5 heteroatoms. The summed E-state index contributed by atoms with van der Waals surface area (Å²) in [6.07, 6.45) is 14.6. The number of carbonyl (C=O) groups is 1. The maximum absolute atomic E-state index is 12.0. The van der Waals surface area contributed by atoms with Gasteiger partial charge < -0.3 is 15.1 Å². The Balaban J connectivity index is 1.21. The van der Waals surface area contributed by atoms with E-state index in [4.69, 9.17) is 4.42 Å². The molecule has 2 heterocycles. The van der Waals surface area contributed by atoms with Crippen molar-refractivity contribution in [1.82, 2.24) is 4.98 Å². The van der Waals surface area contributed by atoms with E-state index in [1.54, 1.807) is 30.7 Å². The third-order valence-electron chi connectivity index (χ3n) is 6.40. The van der Waals surface area contributed by atoms with Gasteiger partial charge in [0, 0.05) is 11.6 Å². The van der Waals surface area contributed by atoms with E-state index in [1.807, 2.05) is 12.1 Å². The lowest BCUT2D eigenvalue weighted by atomic mass is 9.53. The molecule has 2 aromatic heterocycles. The fourth-order valence-electron chi connectivity index (χ4n) is 5.81. The Bertz CT molecular complexity index is 804. The van der Waals surface area contributed by atoms with E-state index in [1.165, 1.54) is 44.6 Å². The Hall–Kier alpha value is -2.56. The summed E-state index contributed by atoms with van der Waals surface area (Å²) >= 11 is 0. The molecule has 1 amide bonds. The quantitative estimate of drug-likeness (QED) is 0.755. The zero-order valence-corrected chi connectivity index (χ0v) is 15.4. The number of hydrogen-bond donors (Lipinski definition) is 2. The van der Waals surface area contributed by atoms with Crippen LogP contribution in [-0.2, 0) is 4.79 Å². The Labute approximate surface area is 159 Å². The fraction of sp³-hybridized carbons (Fsp3) is 0.455. The van der Waals surface area contributed by atoms with Crippen molar-refractivity contribution in [2.45, 2.75) is 44.1 Å². The van der Waals surface area contributed by atoms with Crippen LogP contribution in [0.25, 0.3) is 6.08 Å². The summed E-state index contributed by atoms with van der Waals surface area (Å²) < 4.78 is 5.18. The van der Waals surface area contributed by atoms with E-state index in [9.17, 15) is 4.79 Å². The third kappa shape index (κ3) is 3.51. The molecule has 2 aromatic rings. The van der Waals surface area contributed by atoms with E-state index in [-0.39, 0.29) is 11.4 Å². The molecule has 140 valence electrons. The highest BCUT2D eigenvalue weighted by molar-refractivity contribution is 6.01. The summed E-state index contributed by atoms with van der Waals surface area (Å²) in [5, 5.41) is 6.59. The van der Waals surface area contributed by atoms with Crippen LogP contribution in [0.2, 0.25) is 0 Å². The number of amides is 1. The summed E-state index contributed by atoms with van der Waals surface area (Å²) in [6, 6.07) is 7.48. The molecule has 2 N–H and O–H groups in total. The third-order valence-corrected chi connectivity index (χ3v) is 6.40. The van der Waals surface area contributed by atoms with Crippen LogP contribution in [0.3, 0.4) is 0 Å². The first kappa shape index (κ1) is 16.6. The van der Waals surface area contributed by atoms with Gasteiger partial charge in [0.2, 0.25) is 5.91 Å². The van der Waals surface area contributed by atoms with Gasteiger partial charge in [0.05, 0.1) is 18.1 Å². The van der Waals surface area contributed by atoms with Crippen molar-refractivity contribution in [3.63, 3.8) is 0 Å². The van der Waals surface area contributed by atoms with E-state index in [0.29, 0.717) is 11.4 Å². The number of nitrogens with zero attached hydrogens (tertiary/aromatic N) is 1. The molecule has 4 fully saturated rings. The van der Waals surface area contributed by atoms with Crippen LogP contribution >= 0.6 is 0 Å². The average Bonchev–Trinajstić information content (AvgIpc) is 3.14. The van der Waals surface area contributed by atoms with Gasteiger partial charge in [-0.3, -0.25) is 4.79 Å². The molecule has 4 bridgehead atoms. The monoisotopic (exact) mass is 363 g/mol. The molecule has 0 radical (unpaired) electrons. The van der Waals surface area contributed by atoms with Crippen LogP contribution in [0.1, 0.15) is 44.3 Å². The van der Waals surface area contributed by atoms with Crippen LogP contribution in [0.5, 0.6) is 0 Å². The van der Waals surface area contributed by atoms with Gasteiger partial charge in [0.15, 0.2) is 0 Å². The van der Waals surface area contributed by atoms with Crippen molar-refractivity contribution in [3.05, 3.63) is 48.6 Å². The molecule has 6 rings (SSSR count). The Kier molecular flexibility index (Phi) is 4.03. The van der Waals surface area contributed by atoms with Crippen molar-refractivity contribution in [3.8, 4) is 0 Å². The van der Waals surface area contributed by atoms with Gasteiger partial charge in [-0.2, -0.15) is 0 Å². The fourth-order valence-corrected chi connectivity index (χ4v) is 5.81. The summed E-state index contributed by atoms with van der Waals surface area (Å²) in [5.41, 5.74) is 0.943. The van der Waals surface area contributed by atoms with Crippen LogP contribution in [0.4, 0.5) is 11.5 Å². The van der Waals surface area contributed by atoms with Gasteiger partial charge in [-0.15, -0.1) is 0 Å². The number of nitrogens with one attached hydrogen (secondary N) is 2. The number of furan rings is 1.